The lowest BCUT2D eigenvalue weighted by molar-refractivity contribution is -0.118. The van der Waals surface area contributed by atoms with Crippen LogP contribution in [0.4, 0.5) is 0 Å². The van der Waals surface area contributed by atoms with Crippen LogP contribution >= 0.6 is 0 Å². The first-order valence-corrected chi connectivity index (χ1v) is 10.2. The van der Waals surface area contributed by atoms with Crippen LogP contribution in [-0.4, -0.2) is 16.9 Å². The number of carbonyl (C=O) groups is 2. The molecule has 3 rings (SSSR count). The van der Waals surface area contributed by atoms with Crippen LogP contribution in [0.15, 0.2) is 24.3 Å². The number of imide groups is 1. The predicted molar refractivity (Wildman–Crippen MR) is 113 cm³/mol. The molecule has 29 heavy (non-hydrogen) atoms. The molecule has 154 valence electrons. The monoisotopic (exact) mass is 395 g/mol. The number of hydrogen-bond acceptors (Lipinski definition) is 4. The maximum absolute atomic E-state index is 12.8. The van der Waals surface area contributed by atoms with Gasteiger partial charge in [-0.2, -0.15) is 0 Å². The standard InChI is InChI=1S/C24H29NO4/c1-6-7-8-9-16-13-19-21(22(27)20(16)23(28)25-15(3)26)17-12-14(2)10-11-18(17)24(4,5)29-19/h10-13,27H,6-9H2,1-5H3,(H,25,26,28). The van der Waals surface area contributed by atoms with Gasteiger partial charge < -0.3 is 9.84 Å². The maximum atomic E-state index is 12.8. The maximum Gasteiger partial charge on any atom is 0.261 e. The first kappa shape index (κ1) is 20.9. The summed E-state index contributed by atoms with van der Waals surface area (Å²) in [5, 5.41) is 13.5. The highest BCUT2D eigenvalue weighted by molar-refractivity contribution is 6.08. The van der Waals surface area contributed by atoms with E-state index in [1.807, 2.05) is 45.0 Å². The van der Waals surface area contributed by atoms with Crippen molar-refractivity contribution in [2.75, 3.05) is 0 Å². The van der Waals surface area contributed by atoms with Crippen molar-refractivity contribution >= 4 is 11.8 Å². The molecular weight excluding hydrogens is 366 g/mol. The van der Waals surface area contributed by atoms with Gasteiger partial charge in [-0.15, -0.1) is 0 Å². The van der Waals surface area contributed by atoms with Crippen molar-refractivity contribution < 1.29 is 19.4 Å². The Labute approximate surface area is 172 Å². The Bertz CT molecular complexity index is 975. The number of fused-ring (bicyclic) bond motifs is 3. The van der Waals surface area contributed by atoms with Crippen molar-refractivity contribution in [3.05, 3.63) is 46.5 Å². The normalized spacial score (nSPS) is 13.8. The number of hydrogen-bond donors (Lipinski definition) is 2. The average molecular weight is 395 g/mol. The summed E-state index contributed by atoms with van der Waals surface area (Å²) < 4.78 is 6.27. The second-order valence-corrected chi connectivity index (χ2v) is 8.26. The molecule has 1 heterocycles. The van der Waals surface area contributed by atoms with Crippen LogP contribution in [0, 0.1) is 6.92 Å². The fourth-order valence-corrected chi connectivity index (χ4v) is 4.00. The molecule has 2 N–H and O–H groups in total. The second-order valence-electron chi connectivity index (χ2n) is 8.26. The zero-order chi connectivity index (χ0) is 21.3. The Kier molecular flexibility index (Phi) is 5.69. The molecule has 0 aliphatic carbocycles. The molecule has 2 aromatic rings. The van der Waals surface area contributed by atoms with E-state index in [2.05, 4.69) is 12.2 Å². The number of benzene rings is 2. The van der Waals surface area contributed by atoms with E-state index in [-0.39, 0.29) is 11.3 Å². The van der Waals surface area contributed by atoms with Crippen LogP contribution in [0.3, 0.4) is 0 Å². The lowest BCUT2D eigenvalue weighted by Gasteiger charge is -2.36. The Morgan fingerprint density at radius 3 is 2.55 bits per heavy atom. The fourth-order valence-electron chi connectivity index (χ4n) is 4.00. The molecule has 0 bridgehead atoms. The molecule has 2 aromatic carbocycles. The van der Waals surface area contributed by atoms with Gasteiger partial charge in [-0.05, 0) is 50.8 Å². The van der Waals surface area contributed by atoms with Gasteiger partial charge in [-0.25, -0.2) is 0 Å². The molecule has 0 spiro atoms. The first-order chi connectivity index (χ1) is 13.7. The molecule has 5 heteroatoms. The quantitative estimate of drug-likeness (QED) is 0.698. The number of carbonyl (C=O) groups excluding carboxylic acids is 2. The van der Waals surface area contributed by atoms with Gasteiger partial charge in [-0.3, -0.25) is 14.9 Å². The average Bonchev–Trinajstić information content (AvgIpc) is 2.60. The lowest BCUT2D eigenvalue weighted by Crippen LogP contribution is -2.31. The largest absolute Gasteiger partial charge is 0.506 e. The third kappa shape index (κ3) is 4.00. The van der Waals surface area contributed by atoms with Crippen LogP contribution in [0.5, 0.6) is 11.5 Å². The molecular formula is C24H29NO4. The van der Waals surface area contributed by atoms with E-state index in [0.717, 1.165) is 36.0 Å². The van der Waals surface area contributed by atoms with Gasteiger partial charge in [0.1, 0.15) is 17.1 Å². The number of ether oxygens (including phenoxy) is 1. The van der Waals surface area contributed by atoms with E-state index in [4.69, 9.17) is 4.74 Å². The summed E-state index contributed by atoms with van der Waals surface area (Å²) in [6.45, 7) is 9.37. The minimum Gasteiger partial charge on any atom is -0.506 e. The number of amides is 2. The van der Waals surface area contributed by atoms with Gasteiger partial charge in [0.25, 0.3) is 5.91 Å². The van der Waals surface area contributed by atoms with Gasteiger partial charge in [0, 0.05) is 12.5 Å². The van der Waals surface area contributed by atoms with Crippen molar-refractivity contribution in [1.29, 1.82) is 0 Å². The Morgan fingerprint density at radius 1 is 1.17 bits per heavy atom. The molecule has 0 aromatic heterocycles. The topological polar surface area (TPSA) is 75.6 Å². The summed E-state index contributed by atoms with van der Waals surface area (Å²) in [5.74, 6) is -0.602. The Hall–Kier alpha value is -2.82. The number of phenolic OH excluding ortho intramolecular Hbond substituents is 1. The zero-order valence-electron chi connectivity index (χ0n) is 17.8. The molecule has 0 saturated carbocycles. The minimum atomic E-state index is -0.580. The molecule has 2 amide bonds. The predicted octanol–water partition coefficient (Wildman–Crippen LogP) is 5.00. The number of nitrogens with one attached hydrogen (secondary N) is 1. The zero-order valence-corrected chi connectivity index (χ0v) is 17.8. The third-order valence-corrected chi connectivity index (χ3v) is 5.37. The van der Waals surface area contributed by atoms with Crippen molar-refractivity contribution in [1.82, 2.24) is 5.32 Å². The SMILES string of the molecule is CCCCCc1cc2c(c(O)c1C(=O)NC(C)=O)-c1cc(C)ccc1C(C)(C)O2. The second kappa shape index (κ2) is 7.90. The van der Waals surface area contributed by atoms with E-state index in [0.29, 0.717) is 23.3 Å². The fraction of sp³-hybridized carbons (Fsp3) is 0.417. The van der Waals surface area contributed by atoms with Gasteiger partial charge in [-0.1, -0.05) is 43.5 Å². The van der Waals surface area contributed by atoms with E-state index < -0.39 is 17.4 Å². The summed E-state index contributed by atoms with van der Waals surface area (Å²) in [7, 11) is 0. The molecule has 0 radical (unpaired) electrons. The summed E-state index contributed by atoms with van der Waals surface area (Å²) in [4.78, 5) is 24.3. The van der Waals surface area contributed by atoms with Gasteiger partial charge in [0.05, 0.1) is 11.1 Å². The summed E-state index contributed by atoms with van der Waals surface area (Å²) in [6.07, 6.45) is 3.57. The number of rotatable bonds is 5. The highest BCUT2D eigenvalue weighted by Gasteiger charge is 2.36. The van der Waals surface area contributed by atoms with E-state index in [1.54, 1.807) is 0 Å². The molecule has 1 aliphatic heterocycles. The molecule has 0 fully saturated rings. The number of phenols is 1. The summed E-state index contributed by atoms with van der Waals surface area (Å²) >= 11 is 0. The molecule has 0 atom stereocenters. The summed E-state index contributed by atoms with van der Waals surface area (Å²) in [5.41, 5.74) is 3.65. The van der Waals surface area contributed by atoms with Crippen LogP contribution in [0.2, 0.25) is 0 Å². The Balaban J connectivity index is 2.24. The molecule has 1 aliphatic rings. The van der Waals surface area contributed by atoms with Crippen molar-refractivity contribution in [2.45, 2.75) is 65.9 Å². The summed E-state index contributed by atoms with van der Waals surface area (Å²) in [6, 6.07) is 7.86. The number of aromatic hydroxyl groups is 1. The van der Waals surface area contributed by atoms with Crippen LogP contribution in [-0.2, 0) is 16.8 Å². The van der Waals surface area contributed by atoms with Crippen molar-refractivity contribution in [2.24, 2.45) is 0 Å². The molecule has 5 nitrogen and oxygen atoms in total. The van der Waals surface area contributed by atoms with Crippen LogP contribution < -0.4 is 10.1 Å². The first-order valence-electron chi connectivity index (χ1n) is 10.2. The van der Waals surface area contributed by atoms with Gasteiger partial charge in [0.2, 0.25) is 5.91 Å². The molecule has 0 unspecified atom stereocenters. The van der Waals surface area contributed by atoms with E-state index >= 15 is 0 Å². The van der Waals surface area contributed by atoms with Crippen LogP contribution in [0.25, 0.3) is 11.1 Å². The van der Waals surface area contributed by atoms with Crippen molar-refractivity contribution in [3.8, 4) is 22.6 Å². The van der Waals surface area contributed by atoms with Gasteiger partial charge in [0.15, 0.2) is 0 Å². The van der Waals surface area contributed by atoms with E-state index in [1.165, 1.54) is 6.92 Å². The highest BCUT2D eigenvalue weighted by Crippen LogP contribution is 2.51. The van der Waals surface area contributed by atoms with Gasteiger partial charge >= 0.3 is 0 Å². The smallest absolute Gasteiger partial charge is 0.261 e. The third-order valence-electron chi connectivity index (χ3n) is 5.37. The lowest BCUT2D eigenvalue weighted by atomic mass is 9.83. The number of aryl methyl sites for hydroxylation is 2. The highest BCUT2D eigenvalue weighted by atomic mass is 16.5. The van der Waals surface area contributed by atoms with E-state index in [9.17, 15) is 14.7 Å². The van der Waals surface area contributed by atoms with Crippen molar-refractivity contribution in [3.63, 3.8) is 0 Å². The minimum absolute atomic E-state index is 0.130. The Morgan fingerprint density at radius 2 is 1.90 bits per heavy atom. The molecule has 0 saturated heterocycles. The number of unbranched alkanes of at least 4 members (excludes halogenated alkanes) is 2. The van der Waals surface area contributed by atoms with Crippen LogP contribution in [0.1, 0.15) is 74.0 Å².